The highest BCUT2D eigenvalue weighted by Crippen LogP contribution is 2.49. The maximum Gasteiger partial charge on any atom is 0.472 e. The van der Waals surface area contributed by atoms with Crippen molar-refractivity contribution in [3.8, 4) is 0 Å². The van der Waals surface area contributed by atoms with E-state index in [1.165, 1.54) is 17.2 Å². The lowest BCUT2D eigenvalue weighted by Crippen LogP contribution is -2.39. The first kappa shape index (κ1) is 27.5. The highest BCUT2D eigenvalue weighted by Gasteiger charge is 2.50. The van der Waals surface area contributed by atoms with Crippen molar-refractivity contribution in [3.05, 3.63) is 45.8 Å². The zero-order chi connectivity index (χ0) is 28.1. The van der Waals surface area contributed by atoms with Gasteiger partial charge in [-0.05, 0) is 0 Å². The predicted molar refractivity (Wildman–Crippen MR) is 125 cm³/mol. The number of aromatic amines is 1. The molecule has 3 aromatic heterocycles. The molecule has 3 aromatic rings. The van der Waals surface area contributed by atoms with Gasteiger partial charge in [-0.3, -0.25) is 28.0 Å². The normalized spacial score (nSPS) is 32.5. The van der Waals surface area contributed by atoms with Crippen LogP contribution >= 0.6 is 7.82 Å². The lowest BCUT2D eigenvalue weighted by Gasteiger charge is -2.23. The maximum atomic E-state index is 12.7. The average Bonchev–Trinajstić information content (AvgIpc) is 3.53. The molecule has 9 atom stereocenters. The Morgan fingerprint density at radius 2 is 1.77 bits per heavy atom. The number of H-pyrrole nitrogens is 1. The van der Waals surface area contributed by atoms with Crippen LogP contribution in [-0.4, -0.2) is 104 Å². The standard InChI is InChI=1S/C19H24N7O12P/c20-15-10-16(22-5-21-15)26(6-23-10)17-12(30)11(29)8(37-17)4-35-39(33,34)38-14-7(3-27)36-18(13(14)31)25-2-1-9(28)24-19(25)32/h1-2,5-8,11-14,17-18,27,29-31H,3-4H2,(H,33,34)(H2,20,21,22)(H,24,28,32)/t7-,8-,11-,12-,13-,14-,17-,18-/m1/s1. The molecule has 1 unspecified atom stereocenters. The van der Waals surface area contributed by atoms with E-state index in [1.807, 2.05) is 4.98 Å². The molecule has 20 heteroatoms. The number of hydrogen-bond acceptors (Lipinski definition) is 15. The summed E-state index contributed by atoms with van der Waals surface area (Å²) >= 11 is 0. The van der Waals surface area contributed by atoms with Gasteiger partial charge >= 0.3 is 13.5 Å². The van der Waals surface area contributed by atoms with Gasteiger partial charge in [0.1, 0.15) is 48.5 Å². The zero-order valence-electron chi connectivity index (χ0n) is 19.7. The number of anilines is 1. The summed E-state index contributed by atoms with van der Waals surface area (Å²) in [4.78, 5) is 47.6. The Balaban J connectivity index is 1.26. The molecule has 0 amide bonds. The molecule has 0 radical (unpaired) electrons. The third-order valence-corrected chi connectivity index (χ3v) is 7.26. The quantitative estimate of drug-likeness (QED) is 0.128. The van der Waals surface area contributed by atoms with E-state index in [4.69, 9.17) is 24.3 Å². The first-order valence-electron chi connectivity index (χ1n) is 11.4. The summed E-state index contributed by atoms with van der Waals surface area (Å²) in [7, 11) is -5.02. The van der Waals surface area contributed by atoms with Gasteiger partial charge in [-0.25, -0.2) is 24.3 Å². The number of nitrogen functional groups attached to an aromatic ring is 1. The molecule has 0 saturated carbocycles. The van der Waals surface area contributed by atoms with Crippen LogP contribution in [0.4, 0.5) is 5.82 Å². The number of hydrogen-bond donors (Lipinski definition) is 7. The van der Waals surface area contributed by atoms with E-state index in [-0.39, 0.29) is 17.0 Å². The van der Waals surface area contributed by atoms with E-state index in [9.17, 15) is 39.5 Å². The van der Waals surface area contributed by atoms with Crippen molar-refractivity contribution in [1.29, 1.82) is 0 Å². The Morgan fingerprint density at radius 1 is 1.05 bits per heavy atom. The molecule has 2 saturated heterocycles. The van der Waals surface area contributed by atoms with Crippen molar-refractivity contribution in [2.24, 2.45) is 0 Å². The van der Waals surface area contributed by atoms with Crippen LogP contribution in [0.25, 0.3) is 11.2 Å². The minimum atomic E-state index is -5.02. The average molecular weight is 573 g/mol. The highest BCUT2D eigenvalue weighted by molar-refractivity contribution is 7.47. The number of phosphoric acid groups is 1. The number of fused-ring (bicyclic) bond motifs is 1. The smallest absolute Gasteiger partial charge is 0.394 e. The van der Waals surface area contributed by atoms with Crippen LogP contribution < -0.4 is 17.0 Å². The molecule has 2 aliphatic heterocycles. The number of aliphatic hydroxyl groups excluding tert-OH is 4. The summed E-state index contributed by atoms with van der Waals surface area (Å²) < 4.78 is 35.8. The Morgan fingerprint density at radius 3 is 2.49 bits per heavy atom. The summed E-state index contributed by atoms with van der Waals surface area (Å²) in [5, 5.41) is 41.2. The van der Waals surface area contributed by atoms with Gasteiger partial charge < -0.3 is 40.5 Å². The molecule has 0 aliphatic carbocycles. The third-order valence-electron chi connectivity index (χ3n) is 6.27. The Hall–Kier alpha value is -3.10. The van der Waals surface area contributed by atoms with Crippen LogP contribution in [0, 0.1) is 0 Å². The second-order valence-corrected chi connectivity index (χ2v) is 10.1. The van der Waals surface area contributed by atoms with Gasteiger partial charge in [-0.15, -0.1) is 0 Å². The summed E-state index contributed by atoms with van der Waals surface area (Å²) in [6, 6.07) is 0.989. The molecule has 19 nitrogen and oxygen atoms in total. The van der Waals surface area contributed by atoms with Gasteiger partial charge in [0, 0.05) is 12.3 Å². The monoisotopic (exact) mass is 573 g/mol. The fourth-order valence-corrected chi connectivity index (χ4v) is 5.32. The second-order valence-electron chi connectivity index (χ2n) is 8.72. The molecule has 8 N–H and O–H groups in total. The number of nitrogens with one attached hydrogen (secondary N) is 1. The van der Waals surface area contributed by atoms with Crippen LogP contribution in [0.15, 0.2) is 34.5 Å². The zero-order valence-corrected chi connectivity index (χ0v) is 20.6. The van der Waals surface area contributed by atoms with Crippen molar-refractivity contribution in [2.45, 2.75) is 49.1 Å². The summed E-state index contributed by atoms with van der Waals surface area (Å²) in [5.74, 6) is 0.0805. The van der Waals surface area contributed by atoms with Crippen LogP contribution in [0.1, 0.15) is 12.5 Å². The summed E-state index contributed by atoms with van der Waals surface area (Å²) in [5.41, 5.74) is 4.56. The number of aromatic nitrogens is 6. The lowest BCUT2D eigenvalue weighted by molar-refractivity contribution is -0.0594. The minimum absolute atomic E-state index is 0.0805. The summed E-state index contributed by atoms with van der Waals surface area (Å²) in [6.45, 7) is -1.52. The van der Waals surface area contributed by atoms with Gasteiger partial charge in [0.05, 0.1) is 19.5 Å². The minimum Gasteiger partial charge on any atom is -0.394 e. The molecule has 0 spiro atoms. The number of imidazole rings is 1. The van der Waals surface area contributed by atoms with Gasteiger partial charge in [-0.2, -0.15) is 0 Å². The highest BCUT2D eigenvalue weighted by atomic mass is 31.2. The van der Waals surface area contributed by atoms with E-state index < -0.39 is 81.4 Å². The van der Waals surface area contributed by atoms with Crippen molar-refractivity contribution in [3.63, 3.8) is 0 Å². The molecular formula is C19H24N7O12P. The van der Waals surface area contributed by atoms with Crippen LogP contribution in [-0.2, 0) is 23.1 Å². The van der Waals surface area contributed by atoms with Crippen molar-refractivity contribution in [1.82, 2.24) is 29.1 Å². The molecule has 2 fully saturated rings. The van der Waals surface area contributed by atoms with E-state index in [2.05, 4.69) is 15.0 Å². The van der Waals surface area contributed by atoms with Crippen molar-refractivity contribution in [2.75, 3.05) is 18.9 Å². The first-order valence-corrected chi connectivity index (χ1v) is 12.9. The predicted octanol–water partition coefficient (Wildman–Crippen LogP) is -3.67. The second kappa shape index (κ2) is 10.5. The fourth-order valence-electron chi connectivity index (χ4n) is 4.36. The van der Waals surface area contributed by atoms with E-state index in [0.29, 0.717) is 0 Å². The molecule has 5 heterocycles. The van der Waals surface area contributed by atoms with Gasteiger partial charge in [0.2, 0.25) is 0 Å². The SMILES string of the molecule is Nc1ncnc2c1ncn2[C@@H]1O[C@H](COP(=O)(O)O[C@H]2[C@@H](O)[C@H](n3ccc(=O)[nH]c3=O)O[C@@H]2CO)[C@@H](O)[C@H]1O. The molecular weight excluding hydrogens is 549 g/mol. The summed E-state index contributed by atoms with van der Waals surface area (Å²) in [6.07, 6.45) is -8.41. The molecule has 0 aromatic carbocycles. The number of nitrogens with two attached hydrogens (primary N) is 1. The largest absolute Gasteiger partial charge is 0.472 e. The fraction of sp³-hybridized carbons (Fsp3) is 0.526. The van der Waals surface area contributed by atoms with Gasteiger partial charge in [-0.1, -0.05) is 0 Å². The molecule has 0 bridgehead atoms. The van der Waals surface area contributed by atoms with E-state index in [0.717, 1.165) is 16.8 Å². The number of aliphatic hydroxyl groups is 4. The van der Waals surface area contributed by atoms with Crippen molar-refractivity contribution >= 4 is 24.8 Å². The van der Waals surface area contributed by atoms with E-state index in [1.54, 1.807) is 0 Å². The number of phosphoric ester groups is 1. The van der Waals surface area contributed by atoms with Crippen LogP contribution in [0.3, 0.4) is 0 Å². The van der Waals surface area contributed by atoms with Gasteiger partial charge in [0.25, 0.3) is 5.56 Å². The molecule has 5 rings (SSSR count). The Bertz CT molecular complexity index is 1510. The topological polar surface area (TPSA) is 280 Å². The first-order chi connectivity index (χ1) is 18.5. The van der Waals surface area contributed by atoms with Gasteiger partial charge in [0.15, 0.2) is 23.9 Å². The third kappa shape index (κ3) is 5.12. The Labute approximate surface area is 216 Å². The number of nitrogens with zero attached hydrogens (tertiary/aromatic N) is 5. The lowest BCUT2D eigenvalue weighted by atomic mass is 10.1. The van der Waals surface area contributed by atoms with E-state index >= 15 is 0 Å². The molecule has 39 heavy (non-hydrogen) atoms. The molecule has 2 aliphatic rings. The van der Waals surface area contributed by atoms with Crippen LogP contribution in [0.2, 0.25) is 0 Å². The number of ether oxygens (including phenoxy) is 2. The Kier molecular flexibility index (Phi) is 7.37. The van der Waals surface area contributed by atoms with Crippen LogP contribution in [0.5, 0.6) is 0 Å². The molecule has 212 valence electrons. The van der Waals surface area contributed by atoms with Crippen molar-refractivity contribution < 1.29 is 48.4 Å². The maximum absolute atomic E-state index is 12.7. The number of rotatable bonds is 8.